The van der Waals surface area contributed by atoms with E-state index in [1.165, 1.54) is 116 Å². The van der Waals surface area contributed by atoms with E-state index in [0.29, 0.717) is 17.4 Å². The summed E-state index contributed by atoms with van der Waals surface area (Å²) in [4.78, 5) is 37.4. The smallest absolute Gasteiger partial charge is 0.306 e. The molecule has 0 N–H and O–H groups in total. The molecule has 0 aromatic rings. The quantitative estimate of drug-likeness (QED) is 0.0200. The van der Waals surface area contributed by atoms with Crippen molar-refractivity contribution in [1.82, 2.24) is 0 Å². The van der Waals surface area contributed by atoms with Crippen molar-refractivity contribution in [3.05, 3.63) is 12.2 Å². The number of likely N-dealkylation sites (N-methyl/N-ethyl adjacent to an activating group) is 1. The highest BCUT2D eigenvalue weighted by atomic mass is 31.2. The van der Waals surface area contributed by atoms with Crippen LogP contribution in [0, 0.1) is 0 Å². The van der Waals surface area contributed by atoms with Gasteiger partial charge in [-0.15, -0.1) is 0 Å². The third-order valence-electron chi connectivity index (χ3n) is 9.29. The number of allylic oxidation sites excluding steroid dienone is 2. The number of ether oxygens (including phenoxy) is 2. The van der Waals surface area contributed by atoms with Gasteiger partial charge in [0.25, 0.3) is 7.82 Å². The molecule has 52 heavy (non-hydrogen) atoms. The zero-order valence-electron chi connectivity index (χ0n) is 34.5. The van der Waals surface area contributed by atoms with Gasteiger partial charge in [-0.1, -0.05) is 154 Å². The molecule has 10 heteroatoms. The van der Waals surface area contributed by atoms with E-state index in [-0.39, 0.29) is 32.0 Å². The summed E-state index contributed by atoms with van der Waals surface area (Å²) < 4.78 is 33.8. The van der Waals surface area contributed by atoms with Gasteiger partial charge in [0.1, 0.15) is 19.8 Å². The Morgan fingerprint density at radius 3 is 1.44 bits per heavy atom. The number of hydrogen-bond donors (Lipinski definition) is 0. The van der Waals surface area contributed by atoms with Crippen molar-refractivity contribution in [3.8, 4) is 0 Å². The van der Waals surface area contributed by atoms with Crippen molar-refractivity contribution in [2.45, 2.75) is 200 Å². The fourth-order valence-electron chi connectivity index (χ4n) is 5.88. The lowest BCUT2D eigenvalue weighted by Gasteiger charge is -2.28. The average Bonchev–Trinajstić information content (AvgIpc) is 3.09. The topological polar surface area (TPSA) is 111 Å². The summed E-state index contributed by atoms with van der Waals surface area (Å²) in [5, 5.41) is 0. The highest BCUT2D eigenvalue weighted by Gasteiger charge is 2.21. The number of nitrogens with zero attached hydrogens (tertiary/aromatic N) is 1. The zero-order valence-corrected chi connectivity index (χ0v) is 35.4. The van der Waals surface area contributed by atoms with Gasteiger partial charge in [-0.2, -0.15) is 0 Å². The van der Waals surface area contributed by atoms with E-state index in [1.54, 1.807) is 0 Å². The van der Waals surface area contributed by atoms with Gasteiger partial charge in [-0.3, -0.25) is 14.2 Å². The van der Waals surface area contributed by atoms with E-state index < -0.39 is 26.5 Å². The lowest BCUT2D eigenvalue weighted by Crippen LogP contribution is -2.37. The molecule has 0 radical (unpaired) electrons. The minimum Gasteiger partial charge on any atom is -0.756 e. The van der Waals surface area contributed by atoms with E-state index >= 15 is 0 Å². The van der Waals surface area contributed by atoms with Gasteiger partial charge >= 0.3 is 11.9 Å². The van der Waals surface area contributed by atoms with Crippen LogP contribution in [0.4, 0.5) is 0 Å². The lowest BCUT2D eigenvalue weighted by molar-refractivity contribution is -0.870. The third kappa shape index (κ3) is 38.5. The zero-order chi connectivity index (χ0) is 38.6. The van der Waals surface area contributed by atoms with Crippen LogP contribution in [0.25, 0.3) is 0 Å². The van der Waals surface area contributed by atoms with Gasteiger partial charge in [0.05, 0.1) is 27.7 Å². The Labute approximate surface area is 320 Å². The van der Waals surface area contributed by atoms with Crippen LogP contribution in [0.15, 0.2) is 12.2 Å². The largest absolute Gasteiger partial charge is 0.756 e. The molecular formula is C42H82NO8P. The van der Waals surface area contributed by atoms with Crippen LogP contribution >= 0.6 is 7.82 Å². The Balaban J connectivity index is 4.38. The second kappa shape index (κ2) is 35.5. The molecular weight excluding hydrogens is 677 g/mol. The van der Waals surface area contributed by atoms with Crippen LogP contribution in [0.1, 0.15) is 194 Å². The van der Waals surface area contributed by atoms with E-state index in [1.807, 2.05) is 21.1 Å². The van der Waals surface area contributed by atoms with Gasteiger partial charge in [0.2, 0.25) is 0 Å². The summed E-state index contributed by atoms with van der Waals surface area (Å²) in [7, 11) is 1.16. The maximum Gasteiger partial charge on any atom is 0.306 e. The van der Waals surface area contributed by atoms with Crippen LogP contribution < -0.4 is 4.89 Å². The first kappa shape index (κ1) is 50.8. The number of hydrogen-bond acceptors (Lipinski definition) is 8. The predicted molar refractivity (Wildman–Crippen MR) is 213 cm³/mol. The standard InChI is InChI=1S/C42H82NO8P/c1-6-8-10-12-14-16-18-20-21-23-25-27-29-31-33-35-42(45)51-40(39-50-52(46,47)49-37-36-43(3,4)5)38-48-41(44)34-32-30-28-26-24-22-19-17-15-13-11-9-7-2/h23,25,40H,6-22,24,26-39H2,1-5H3/b25-23+/t40-/m1/s1. The second-order valence-electron chi connectivity index (χ2n) is 15.7. The van der Waals surface area contributed by atoms with Gasteiger partial charge < -0.3 is 27.9 Å². The summed E-state index contributed by atoms with van der Waals surface area (Å²) in [6.45, 7) is 4.22. The van der Waals surface area contributed by atoms with Crippen LogP contribution in [-0.2, 0) is 32.7 Å². The Morgan fingerprint density at radius 1 is 0.577 bits per heavy atom. The molecule has 0 saturated carbocycles. The number of carbonyl (C=O) groups excluding carboxylic acids is 2. The number of phosphoric ester groups is 1. The van der Waals surface area contributed by atoms with Crippen molar-refractivity contribution in [3.63, 3.8) is 0 Å². The van der Waals surface area contributed by atoms with E-state index in [2.05, 4.69) is 26.0 Å². The Morgan fingerprint density at radius 2 is 0.981 bits per heavy atom. The first-order chi connectivity index (χ1) is 25.0. The first-order valence-corrected chi connectivity index (χ1v) is 22.9. The molecule has 0 aromatic carbocycles. The fraction of sp³-hybridized carbons (Fsp3) is 0.905. The third-order valence-corrected chi connectivity index (χ3v) is 10.2. The Kier molecular flexibility index (Phi) is 34.6. The van der Waals surface area contributed by atoms with Gasteiger partial charge in [0.15, 0.2) is 6.10 Å². The average molecular weight is 760 g/mol. The van der Waals surface area contributed by atoms with Crippen LogP contribution in [-0.4, -0.2) is 70.0 Å². The summed E-state index contributed by atoms with van der Waals surface area (Å²) in [5.74, 6) is -0.845. The Bertz CT molecular complexity index is 907. The van der Waals surface area contributed by atoms with Crippen LogP contribution in [0.2, 0.25) is 0 Å². The second-order valence-corrected chi connectivity index (χ2v) is 17.1. The van der Waals surface area contributed by atoms with Crippen LogP contribution in [0.5, 0.6) is 0 Å². The Hall–Kier alpha value is -1.25. The SMILES string of the molecule is CCCCCCCCCC/C=C/CCCCCC(=O)O[C@H](COC(=O)CCCCCCCCCCCCCCC)COP(=O)([O-])OCC[N+](C)(C)C. The summed E-state index contributed by atoms with van der Waals surface area (Å²) in [6.07, 6.45) is 35.2. The molecule has 1 unspecified atom stereocenters. The normalized spacial score (nSPS) is 13.7. The molecule has 0 aromatic heterocycles. The van der Waals surface area contributed by atoms with E-state index in [9.17, 15) is 19.0 Å². The minimum absolute atomic E-state index is 0.0305. The van der Waals surface area contributed by atoms with Crippen molar-refractivity contribution in [2.24, 2.45) is 0 Å². The molecule has 0 spiro atoms. The lowest BCUT2D eigenvalue weighted by atomic mass is 10.0. The fourth-order valence-corrected chi connectivity index (χ4v) is 6.61. The minimum atomic E-state index is -4.62. The number of rotatable bonds is 39. The van der Waals surface area contributed by atoms with Crippen molar-refractivity contribution < 1.29 is 42.1 Å². The summed E-state index contributed by atoms with van der Waals surface area (Å²) >= 11 is 0. The van der Waals surface area contributed by atoms with E-state index in [4.69, 9.17) is 18.5 Å². The number of unbranched alkanes of at least 4 members (excludes halogenated alkanes) is 23. The van der Waals surface area contributed by atoms with Crippen molar-refractivity contribution >= 4 is 19.8 Å². The molecule has 9 nitrogen and oxygen atoms in total. The van der Waals surface area contributed by atoms with Gasteiger partial charge in [-0.05, 0) is 38.5 Å². The molecule has 0 aliphatic heterocycles. The molecule has 0 rings (SSSR count). The molecule has 308 valence electrons. The molecule has 0 amide bonds. The summed E-state index contributed by atoms with van der Waals surface area (Å²) in [5.41, 5.74) is 0. The first-order valence-electron chi connectivity index (χ1n) is 21.4. The molecule has 0 aliphatic rings. The predicted octanol–water partition coefficient (Wildman–Crippen LogP) is 11.2. The molecule has 0 aliphatic carbocycles. The molecule has 0 heterocycles. The number of carbonyl (C=O) groups is 2. The highest BCUT2D eigenvalue weighted by molar-refractivity contribution is 7.45. The van der Waals surface area contributed by atoms with Gasteiger partial charge in [0, 0.05) is 12.8 Å². The summed E-state index contributed by atoms with van der Waals surface area (Å²) in [6, 6.07) is 0. The van der Waals surface area contributed by atoms with Crippen molar-refractivity contribution in [2.75, 3.05) is 47.5 Å². The maximum atomic E-state index is 12.6. The number of phosphoric acid groups is 1. The van der Waals surface area contributed by atoms with Gasteiger partial charge in [-0.25, -0.2) is 0 Å². The molecule has 0 fully saturated rings. The maximum absolute atomic E-state index is 12.6. The molecule has 0 saturated heterocycles. The molecule has 2 atom stereocenters. The van der Waals surface area contributed by atoms with E-state index in [0.717, 1.165) is 44.9 Å². The number of esters is 2. The van der Waals surface area contributed by atoms with Crippen LogP contribution in [0.3, 0.4) is 0 Å². The highest BCUT2D eigenvalue weighted by Crippen LogP contribution is 2.38. The number of quaternary nitrogens is 1. The molecule has 0 bridgehead atoms. The monoisotopic (exact) mass is 760 g/mol. The van der Waals surface area contributed by atoms with Crippen molar-refractivity contribution in [1.29, 1.82) is 0 Å².